The Morgan fingerprint density at radius 2 is 1.52 bits per heavy atom. The Morgan fingerprint density at radius 3 is 2.07 bits per heavy atom. The first-order valence-electron chi connectivity index (χ1n) is 7.39. The topological polar surface area (TPSA) is 166 Å². The molecular formula is C16H9ClN3NaO7S. The van der Waals surface area contributed by atoms with Crippen LogP contribution >= 0.6 is 11.6 Å². The summed E-state index contributed by atoms with van der Waals surface area (Å²) >= 11 is 5.76. The Hall–Kier alpha value is -2.28. The number of azo groups is 1. The van der Waals surface area contributed by atoms with Gasteiger partial charge in [-0.1, -0.05) is 35.9 Å². The molecule has 0 atom stereocenters. The van der Waals surface area contributed by atoms with Gasteiger partial charge in [0.05, 0.1) is 9.82 Å². The maximum absolute atomic E-state index is 11.6. The fourth-order valence-electron chi connectivity index (χ4n) is 2.49. The van der Waals surface area contributed by atoms with Gasteiger partial charge in [-0.15, -0.1) is 10.2 Å². The van der Waals surface area contributed by atoms with E-state index in [0.29, 0.717) is 0 Å². The monoisotopic (exact) mass is 445 g/mol. The van der Waals surface area contributed by atoms with Crippen LogP contribution in [0, 0.1) is 10.1 Å². The zero-order valence-electron chi connectivity index (χ0n) is 14.6. The number of aromatic hydroxyl groups is 2. The summed E-state index contributed by atoms with van der Waals surface area (Å²) in [7, 11) is -4.91. The van der Waals surface area contributed by atoms with Crippen LogP contribution in [0.3, 0.4) is 0 Å². The van der Waals surface area contributed by atoms with Crippen LogP contribution in [0.15, 0.2) is 57.6 Å². The molecule has 0 amide bonds. The second-order valence-corrected chi connectivity index (χ2v) is 7.28. The zero-order valence-corrected chi connectivity index (χ0v) is 18.2. The predicted molar refractivity (Wildman–Crippen MR) is 97.5 cm³/mol. The maximum Gasteiger partial charge on any atom is 1.00 e. The third-order valence-corrected chi connectivity index (χ3v) is 4.82. The van der Waals surface area contributed by atoms with Crippen LogP contribution < -0.4 is 29.6 Å². The van der Waals surface area contributed by atoms with Gasteiger partial charge in [0.15, 0.2) is 5.75 Å². The molecule has 0 spiro atoms. The quantitative estimate of drug-likeness (QED) is 0.199. The molecular weight excluding hydrogens is 437 g/mol. The Morgan fingerprint density at radius 1 is 0.966 bits per heavy atom. The van der Waals surface area contributed by atoms with E-state index in [-0.39, 0.29) is 45.4 Å². The summed E-state index contributed by atoms with van der Waals surface area (Å²) in [6.45, 7) is 0. The van der Waals surface area contributed by atoms with Crippen molar-refractivity contribution in [2.45, 2.75) is 4.90 Å². The van der Waals surface area contributed by atoms with E-state index in [4.69, 9.17) is 11.6 Å². The number of nitrogens with zero attached hydrogens (tertiary/aromatic N) is 3. The minimum atomic E-state index is -4.91. The first-order valence-corrected chi connectivity index (χ1v) is 9.17. The normalized spacial score (nSPS) is 11.5. The van der Waals surface area contributed by atoms with Crippen molar-refractivity contribution >= 4 is 49.6 Å². The molecule has 0 aliphatic carbocycles. The summed E-state index contributed by atoms with van der Waals surface area (Å²) in [5.74, 6) is -1.29. The smallest absolute Gasteiger partial charge is 0.744 e. The maximum atomic E-state index is 11.6. The number of phenols is 2. The van der Waals surface area contributed by atoms with Crippen LogP contribution in [0.5, 0.6) is 11.5 Å². The minimum Gasteiger partial charge on any atom is -0.744 e. The molecule has 0 heterocycles. The number of benzene rings is 3. The fourth-order valence-corrected chi connectivity index (χ4v) is 3.40. The minimum absolute atomic E-state index is 0. The Balaban J connectivity index is 0.00000300. The van der Waals surface area contributed by atoms with Gasteiger partial charge >= 0.3 is 35.2 Å². The van der Waals surface area contributed by atoms with E-state index in [1.807, 2.05) is 0 Å². The number of hydrogen-bond donors (Lipinski definition) is 2. The van der Waals surface area contributed by atoms with Crippen molar-refractivity contribution in [1.29, 1.82) is 0 Å². The Bertz CT molecular complexity index is 1270. The van der Waals surface area contributed by atoms with Gasteiger partial charge in [-0.2, -0.15) is 0 Å². The molecule has 0 aromatic heterocycles. The number of rotatable bonds is 4. The van der Waals surface area contributed by atoms with Crippen LogP contribution in [0.1, 0.15) is 0 Å². The zero-order chi connectivity index (χ0) is 20.6. The van der Waals surface area contributed by atoms with E-state index in [1.165, 1.54) is 24.3 Å². The number of nitro groups is 1. The van der Waals surface area contributed by atoms with Crippen LogP contribution in [0.25, 0.3) is 10.8 Å². The van der Waals surface area contributed by atoms with Crippen LogP contribution in [-0.4, -0.2) is 28.1 Å². The summed E-state index contributed by atoms with van der Waals surface area (Å²) in [4.78, 5) is 9.42. The van der Waals surface area contributed by atoms with Gasteiger partial charge in [0, 0.05) is 21.9 Å². The first-order chi connectivity index (χ1) is 13.1. The summed E-state index contributed by atoms with van der Waals surface area (Å²) < 4.78 is 34.7. The molecule has 144 valence electrons. The van der Waals surface area contributed by atoms with Crippen molar-refractivity contribution < 1.29 is 57.7 Å². The second kappa shape index (κ2) is 8.61. The van der Waals surface area contributed by atoms with E-state index < -0.39 is 48.5 Å². The van der Waals surface area contributed by atoms with Crippen molar-refractivity contribution in [3.63, 3.8) is 0 Å². The van der Waals surface area contributed by atoms with Crippen molar-refractivity contribution in [2.75, 3.05) is 0 Å². The molecule has 0 bridgehead atoms. The summed E-state index contributed by atoms with van der Waals surface area (Å²) in [5, 5.41) is 38.3. The van der Waals surface area contributed by atoms with Gasteiger partial charge in [-0.25, -0.2) is 8.42 Å². The first kappa shape index (κ1) is 23.0. The molecule has 0 saturated carbocycles. The molecule has 0 aliphatic heterocycles. The average molecular weight is 446 g/mol. The standard InChI is InChI=1S/C16H10ClN3O7S.Na/c17-8-5-11(16(22)13(6-8)20(23)24)18-19-12-7-14(28(25,26)27)9-3-1-2-4-10(9)15(12)21;/h1-7,21-22H,(H,25,26,27);/q;+1/p-1/b19-18+;. The molecule has 0 saturated heterocycles. The molecule has 3 aromatic carbocycles. The number of fused-ring (bicyclic) bond motifs is 1. The van der Waals surface area contributed by atoms with Gasteiger partial charge in [0.25, 0.3) is 0 Å². The number of hydrogen-bond acceptors (Lipinski definition) is 9. The van der Waals surface area contributed by atoms with Crippen LogP contribution in [0.2, 0.25) is 5.02 Å². The van der Waals surface area contributed by atoms with E-state index in [0.717, 1.165) is 18.2 Å². The van der Waals surface area contributed by atoms with E-state index in [1.54, 1.807) is 0 Å². The second-order valence-electron chi connectivity index (χ2n) is 5.49. The van der Waals surface area contributed by atoms with Gasteiger partial charge < -0.3 is 14.8 Å². The van der Waals surface area contributed by atoms with Gasteiger partial charge in [-0.3, -0.25) is 10.1 Å². The predicted octanol–water partition coefficient (Wildman–Crippen LogP) is 1.14. The van der Waals surface area contributed by atoms with Gasteiger partial charge in [0.1, 0.15) is 21.5 Å². The van der Waals surface area contributed by atoms with Gasteiger partial charge in [0.2, 0.25) is 5.75 Å². The molecule has 10 nitrogen and oxygen atoms in total. The molecule has 13 heteroatoms. The van der Waals surface area contributed by atoms with Crippen molar-refractivity contribution in [3.05, 3.63) is 57.6 Å². The fraction of sp³-hybridized carbons (Fsp3) is 0. The number of halogens is 1. The molecule has 0 radical (unpaired) electrons. The van der Waals surface area contributed by atoms with Crippen molar-refractivity contribution in [1.82, 2.24) is 0 Å². The summed E-state index contributed by atoms with van der Waals surface area (Å²) in [6, 6.07) is 8.52. The van der Waals surface area contributed by atoms with Gasteiger partial charge in [-0.05, 0) is 12.1 Å². The number of nitro benzene ring substituents is 1. The molecule has 0 fully saturated rings. The van der Waals surface area contributed by atoms with Crippen molar-refractivity contribution in [2.24, 2.45) is 10.2 Å². The average Bonchev–Trinajstić information content (AvgIpc) is 2.62. The summed E-state index contributed by atoms with van der Waals surface area (Å²) in [6.07, 6.45) is 0. The van der Waals surface area contributed by atoms with Crippen LogP contribution in [0.4, 0.5) is 17.1 Å². The molecule has 3 aromatic rings. The summed E-state index contributed by atoms with van der Waals surface area (Å²) in [5.41, 5.74) is -1.50. The van der Waals surface area contributed by atoms with Crippen LogP contribution in [-0.2, 0) is 10.1 Å². The van der Waals surface area contributed by atoms with E-state index in [2.05, 4.69) is 10.2 Å². The Kier molecular flexibility index (Phi) is 6.83. The largest absolute Gasteiger partial charge is 1.00 e. The molecule has 2 N–H and O–H groups in total. The molecule has 0 unspecified atom stereocenters. The number of phenolic OH excluding ortho intramolecular Hbond substituents is 2. The SMILES string of the molecule is O=[N+]([O-])c1cc(Cl)cc(/N=N/c2cc(S(=O)(=O)[O-])c3ccccc3c2O)c1O.[Na+]. The molecule has 29 heavy (non-hydrogen) atoms. The van der Waals surface area contributed by atoms with Crippen molar-refractivity contribution in [3.8, 4) is 11.5 Å². The molecule has 0 aliphatic rings. The Labute approximate surface area is 190 Å². The van der Waals surface area contributed by atoms with E-state index >= 15 is 0 Å². The van der Waals surface area contributed by atoms with E-state index in [9.17, 15) is 33.3 Å². The third kappa shape index (κ3) is 4.66. The third-order valence-electron chi connectivity index (χ3n) is 3.72. The molecule has 3 rings (SSSR count).